The van der Waals surface area contributed by atoms with Crippen molar-refractivity contribution in [2.75, 3.05) is 18.9 Å². The summed E-state index contributed by atoms with van der Waals surface area (Å²) in [7, 11) is 0. The molecule has 21 heavy (non-hydrogen) atoms. The van der Waals surface area contributed by atoms with E-state index in [4.69, 9.17) is 22.1 Å². The zero-order chi connectivity index (χ0) is 15.2. The van der Waals surface area contributed by atoms with Crippen molar-refractivity contribution in [1.82, 2.24) is 9.88 Å². The summed E-state index contributed by atoms with van der Waals surface area (Å²) in [6.07, 6.45) is 1.74. The van der Waals surface area contributed by atoms with Crippen LogP contribution in [0.15, 0.2) is 36.5 Å². The molecule has 0 unspecified atom stereocenters. The number of carbonyl (C=O) groups excluding carboxylic acids is 1. The number of aromatic nitrogens is 1. The second-order valence-corrected chi connectivity index (χ2v) is 4.94. The number of anilines is 1. The number of nitrogens with one attached hydrogen (secondary N) is 1. The number of nitrogens with two attached hydrogens (primary N) is 1. The zero-order valence-electron chi connectivity index (χ0n) is 11.8. The van der Waals surface area contributed by atoms with Gasteiger partial charge in [-0.15, -0.1) is 0 Å². The topological polar surface area (TPSA) is 69.3 Å². The molecule has 1 amide bonds. The van der Waals surface area contributed by atoms with Crippen molar-refractivity contribution in [2.45, 2.75) is 13.5 Å². The van der Waals surface area contributed by atoms with Crippen LogP contribution in [0.3, 0.4) is 0 Å². The van der Waals surface area contributed by atoms with Crippen molar-refractivity contribution in [3.8, 4) is 5.75 Å². The van der Waals surface area contributed by atoms with E-state index in [1.807, 2.05) is 6.92 Å². The molecule has 0 radical (unpaired) electrons. The Morgan fingerprint density at radius 1 is 1.38 bits per heavy atom. The summed E-state index contributed by atoms with van der Waals surface area (Å²) in [4.78, 5) is 12.0. The summed E-state index contributed by atoms with van der Waals surface area (Å²) in [6, 6.07) is 8.77. The van der Waals surface area contributed by atoms with Gasteiger partial charge < -0.3 is 20.4 Å². The molecular formula is C15H18ClN3O2. The lowest BCUT2D eigenvalue weighted by Gasteiger charge is -2.09. The van der Waals surface area contributed by atoms with E-state index in [9.17, 15) is 4.79 Å². The number of nitrogen functional groups attached to an aromatic ring is 1. The number of rotatable bonds is 6. The molecule has 1 aromatic carbocycles. The Balaban J connectivity index is 1.80. The van der Waals surface area contributed by atoms with E-state index in [1.54, 1.807) is 41.1 Å². The normalized spacial score (nSPS) is 10.4. The Morgan fingerprint density at radius 3 is 2.76 bits per heavy atom. The van der Waals surface area contributed by atoms with Crippen LogP contribution in [-0.4, -0.2) is 23.6 Å². The molecule has 0 bridgehead atoms. The highest BCUT2D eigenvalue weighted by Gasteiger charge is 2.11. The number of benzene rings is 1. The molecule has 5 nitrogen and oxygen atoms in total. The average Bonchev–Trinajstić information content (AvgIpc) is 2.86. The number of hydrogen-bond acceptors (Lipinski definition) is 3. The molecule has 0 aliphatic rings. The highest BCUT2D eigenvalue weighted by Crippen LogP contribution is 2.14. The molecule has 0 aliphatic carbocycles. The second-order valence-electron chi connectivity index (χ2n) is 4.50. The SMILES string of the molecule is CCn1cc(Cl)cc1C(=O)NCCOc1ccc(N)cc1. The predicted molar refractivity (Wildman–Crippen MR) is 83.8 cm³/mol. The van der Waals surface area contributed by atoms with Crippen molar-refractivity contribution in [3.63, 3.8) is 0 Å². The molecule has 6 heteroatoms. The van der Waals surface area contributed by atoms with Gasteiger partial charge in [0.25, 0.3) is 5.91 Å². The van der Waals surface area contributed by atoms with Gasteiger partial charge >= 0.3 is 0 Å². The lowest BCUT2D eigenvalue weighted by Crippen LogP contribution is -2.29. The molecule has 0 atom stereocenters. The predicted octanol–water partition coefficient (Wildman–Crippen LogP) is 2.55. The minimum atomic E-state index is -0.162. The summed E-state index contributed by atoms with van der Waals surface area (Å²) in [5.41, 5.74) is 6.83. The van der Waals surface area contributed by atoms with E-state index in [2.05, 4.69) is 5.32 Å². The fraction of sp³-hybridized carbons (Fsp3) is 0.267. The second kappa shape index (κ2) is 7.04. The molecular weight excluding hydrogens is 290 g/mol. The Morgan fingerprint density at radius 2 is 2.10 bits per heavy atom. The summed E-state index contributed by atoms with van der Waals surface area (Å²) in [5, 5.41) is 3.36. The number of nitrogens with zero attached hydrogens (tertiary/aromatic N) is 1. The molecule has 1 aromatic heterocycles. The average molecular weight is 308 g/mol. The molecule has 0 saturated carbocycles. The first-order chi connectivity index (χ1) is 10.1. The van der Waals surface area contributed by atoms with Crippen LogP contribution in [0.25, 0.3) is 0 Å². The van der Waals surface area contributed by atoms with Crippen LogP contribution in [0.5, 0.6) is 5.75 Å². The van der Waals surface area contributed by atoms with E-state index in [1.165, 1.54) is 0 Å². The summed E-state index contributed by atoms with van der Waals surface area (Å²) < 4.78 is 7.31. The maximum absolute atomic E-state index is 12.0. The fourth-order valence-corrected chi connectivity index (χ4v) is 2.14. The Kier molecular flexibility index (Phi) is 5.11. The van der Waals surface area contributed by atoms with Crippen LogP contribution in [0, 0.1) is 0 Å². The number of hydrogen-bond donors (Lipinski definition) is 2. The Hall–Kier alpha value is -2.14. The van der Waals surface area contributed by atoms with Crippen LogP contribution in [-0.2, 0) is 6.54 Å². The van der Waals surface area contributed by atoms with Gasteiger partial charge in [0.15, 0.2) is 0 Å². The number of halogens is 1. The Labute approximate surface area is 128 Å². The largest absolute Gasteiger partial charge is 0.492 e. The van der Waals surface area contributed by atoms with Crippen LogP contribution in [0.1, 0.15) is 17.4 Å². The summed E-state index contributed by atoms with van der Waals surface area (Å²) in [6.45, 7) is 3.45. The maximum Gasteiger partial charge on any atom is 0.268 e. The molecule has 0 aliphatic heterocycles. The van der Waals surface area contributed by atoms with Crippen molar-refractivity contribution >= 4 is 23.2 Å². The third-order valence-corrected chi connectivity index (χ3v) is 3.18. The molecule has 2 rings (SSSR count). The third kappa shape index (κ3) is 4.16. The standard InChI is InChI=1S/C15H18ClN3O2/c1-2-19-10-11(16)9-14(19)15(20)18-7-8-21-13-5-3-12(17)4-6-13/h3-6,9-10H,2,7-8,17H2,1H3,(H,18,20). The van der Waals surface area contributed by atoms with Gasteiger partial charge in [0.1, 0.15) is 18.1 Å². The van der Waals surface area contributed by atoms with Gasteiger partial charge in [-0.1, -0.05) is 11.6 Å². The van der Waals surface area contributed by atoms with Crippen molar-refractivity contribution < 1.29 is 9.53 Å². The first kappa shape index (κ1) is 15.3. The van der Waals surface area contributed by atoms with Crippen LogP contribution < -0.4 is 15.8 Å². The zero-order valence-corrected chi connectivity index (χ0v) is 12.6. The first-order valence-electron chi connectivity index (χ1n) is 6.72. The minimum Gasteiger partial charge on any atom is -0.492 e. The van der Waals surface area contributed by atoms with Crippen LogP contribution in [0.4, 0.5) is 5.69 Å². The van der Waals surface area contributed by atoms with Crippen molar-refractivity contribution in [2.24, 2.45) is 0 Å². The van der Waals surface area contributed by atoms with E-state index in [0.717, 1.165) is 5.75 Å². The number of amides is 1. The van der Waals surface area contributed by atoms with Gasteiger partial charge in [0, 0.05) is 18.4 Å². The van der Waals surface area contributed by atoms with Gasteiger partial charge in [-0.2, -0.15) is 0 Å². The number of aryl methyl sites for hydroxylation is 1. The molecule has 2 aromatic rings. The lowest BCUT2D eigenvalue weighted by molar-refractivity contribution is 0.0938. The molecule has 0 fully saturated rings. The van der Waals surface area contributed by atoms with Crippen LogP contribution >= 0.6 is 11.6 Å². The van der Waals surface area contributed by atoms with E-state index in [0.29, 0.717) is 36.1 Å². The smallest absolute Gasteiger partial charge is 0.268 e. The monoisotopic (exact) mass is 307 g/mol. The van der Waals surface area contributed by atoms with Crippen molar-refractivity contribution in [1.29, 1.82) is 0 Å². The van der Waals surface area contributed by atoms with Crippen LogP contribution in [0.2, 0.25) is 5.02 Å². The first-order valence-corrected chi connectivity index (χ1v) is 7.10. The number of ether oxygens (including phenoxy) is 1. The Bertz CT molecular complexity index is 608. The van der Waals surface area contributed by atoms with Gasteiger partial charge in [-0.25, -0.2) is 0 Å². The molecule has 3 N–H and O–H groups in total. The van der Waals surface area contributed by atoms with E-state index < -0.39 is 0 Å². The highest BCUT2D eigenvalue weighted by molar-refractivity contribution is 6.31. The molecule has 0 saturated heterocycles. The summed E-state index contributed by atoms with van der Waals surface area (Å²) >= 11 is 5.91. The molecule has 1 heterocycles. The van der Waals surface area contributed by atoms with Gasteiger partial charge in [0.2, 0.25) is 0 Å². The van der Waals surface area contributed by atoms with E-state index in [-0.39, 0.29) is 5.91 Å². The minimum absolute atomic E-state index is 0.162. The lowest BCUT2D eigenvalue weighted by atomic mass is 10.3. The molecule has 112 valence electrons. The fourth-order valence-electron chi connectivity index (χ4n) is 1.91. The maximum atomic E-state index is 12.0. The quantitative estimate of drug-likeness (QED) is 0.636. The number of carbonyl (C=O) groups is 1. The van der Waals surface area contributed by atoms with E-state index >= 15 is 0 Å². The molecule has 0 spiro atoms. The highest BCUT2D eigenvalue weighted by atomic mass is 35.5. The third-order valence-electron chi connectivity index (χ3n) is 2.97. The van der Waals surface area contributed by atoms with Gasteiger partial charge in [-0.05, 0) is 37.3 Å². The van der Waals surface area contributed by atoms with Crippen molar-refractivity contribution in [3.05, 3.63) is 47.2 Å². The van der Waals surface area contributed by atoms with Gasteiger partial charge in [0.05, 0.1) is 11.6 Å². The summed E-state index contributed by atoms with van der Waals surface area (Å²) in [5.74, 6) is 0.558. The van der Waals surface area contributed by atoms with Gasteiger partial charge in [-0.3, -0.25) is 4.79 Å².